The molecule has 0 spiro atoms. The maximum Gasteiger partial charge on any atom is 0.416 e. The van der Waals surface area contributed by atoms with Gasteiger partial charge in [0, 0.05) is 5.56 Å². The lowest BCUT2D eigenvalue weighted by Gasteiger charge is -2.09. The Labute approximate surface area is 125 Å². The molecule has 0 atom stereocenters. The third kappa shape index (κ3) is 4.19. The smallest absolute Gasteiger partial charge is 0.416 e. The Morgan fingerprint density at radius 2 is 1.57 bits per heavy atom. The van der Waals surface area contributed by atoms with Crippen LogP contribution in [-0.4, -0.2) is 4.99 Å². The molecule has 0 saturated heterocycles. The van der Waals surface area contributed by atoms with Gasteiger partial charge in [0.1, 0.15) is 17.3 Å². The topological polar surface area (TPSA) is 35.2 Å². The quantitative estimate of drug-likeness (QED) is 0.869. The molecule has 21 heavy (non-hydrogen) atoms. The summed E-state index contributed by atoms with van der Waals surface area (Å²) in [6.45, 7) is 0.185. The van der Waals surface area contributed by atoms with E-state index in [0.29, 0.717) is 16.3 Å². The van der Waals surface area contributed by atoms with Crippen molar-refractivity contribution in [3.8, 4) is 5.75 Å². The first kappa shape index (κ1) is 15.3. The summed E-state index contributed by atoms with van der Waals surface area (Å²) in [5.74, 6) is 0.592. The summed E-state index contributed by atoms with van der Waals surface area (Å²) < 4.78 is 42.8. The maximum absolute atomic E-state index is 12.4. The monoisotopic (exact) mass is 311 g/mol. The van der Waals surface area contributed by atoms with E-state index in [1.54, 1.807) is 24.3 Å². The number of rotatable bonds is 4. The first-order valence-corrected chi connectivity index (χ1v) is 6.46. The molecule has 0 aromatic heterocycles. The van der Waals surface area contributed by atoms with E-state index in [1.165, 1.54) is 12.1 Å². The molecule has 0 aliphatic heterocycles. The summed E-state index contributed by atoms with van der Waals surface area (Å²) in [7, 11) is 0. The Hall–Kier alpha value is -2.08. The van der Waals surface area contributed by atoms with Crippen LogP contribution in [0, 0.1) is 0 Å². The van der Waals surface area contributed by atoms with Crippen LogP contribution >= 0.6 is 12.2 Å². The van der Waals surface area contributed by atoms with Gasteiger partial charge in [-0.05, 0) is 42.0 Å². The van der Waals surface area contributed by atoms with Crippen molar-refractivity contribution in [3.63, 3.8) is 0 Å². The average Bonchev–Trinajstić information content (AvgIpc) is 2.45. The molecule has 0 aliphatic rings. The highest BCUT2D eigenvalue weighted by Crippen LogP contribution is 2.29. The highest BCUT2D eigenvalue weighted by atomic mass is 32.1. The van der Waals surface area contributed by atoms with E-state index >= 15 is 0 Å². The van der Waals surface area contributed by atoms with Crippen molar-refractivity contribution < 1.29 is 17.9 Å². The van der Waals surface area contributed by atoms with Gasteiger partial charge >= 0.3 is 6.18 Å². The van der Waals surface area contributed by atoms with E-state index in [9.17, 15) is 13.2 Å². The molecule has 0 unspecified atom stereocenters. The van der Waals surface area contributed by atoms with E-state index in [1.807, 2.05) is 0 Å². The first-order valence-electron chi connectivity index (χ1n) is 6.05. The number of ether oxygens (including phenoxy) is 1. The molecule has 0 radical (unpaired) electrons. The molecule has 2 rings (SSSR count). The number of thiocarbonyl (C=S) groups is 1. The highest BCUT2D eigenvalue weighted by Gasteiger charge is 2.29. The molecule has 0 fully saturated rings. The molecule has 0 heterocycles. The van der Waals surface area contributed by atoms with Crippen molar-refractivity contribution in [2.45, 2.75) is 12.8 Å². The minimum absolute atomic E-state index is 0.185. The van der Waals surface area contributed by atoms with E-state index in [2.05, 4.69) is 0 Å². The summed E-state index contributed by atoms with van der Waals surface area (Å²) in [4.78, 5) is 0.296. The van der Waals surface area contributed by atoms with Gasteiger partial charge in [-0.2, -0.15) is 13.2 Å². The molecular formula is C15H12F3NOS. The van der Waals surface area contributed by atoms with E-state index in [4.69, 9.17) is 22.7 Å². The zero-order chi connectivity index (χ0) is 15.5. The predicted molar refractivity (Wildman–Crippen MR) is 78.1 cm³/mol. The number of benzene rings is 2. The fourth-order valence-corrected chi connectivity index (χ4v) is 1.81. The predicted octanol–water partition coefficient (Wildman–Crippen LogP) is 3.92. The van der Waals surface area contributed by atoms with Gasteiger partial charge in [0.2, 0.25) is 0 Å². The first-order chi connectivity index (χ1) is 9.86. The largest absolute Gasteiger partial charge is 0.489 e. The zero-order valence-corrected chi connectivity index (χ0v) is 11.7. The Balaban J connectivity index is 1.98. The van der Waals surface area contributed by atoms with E-state index in [-0.39, 0.29) is 6.61 Å². The van der Waals surface area contributed by atoms with Gasteiger partial charge in [0.25, 0.3) is 0 Å². The highest BCUT2D eigenvalue weighted by molar-refractivity contribution is 7.80. The van der Waals surface area contributed by atoms with Crippen LogP contribution in [0.3, 0.4) is 0 Å². The van der Waals surface area contributed by atoms with Crippen molar-refractivity contribution in [1.29, 1.82) is 0 Å². The normalized spacial score (nSPS) is 11.2. The second-order valence-corrected chi connectivity index (χ2v) is 4.81. The molecule has 0 aliphatic carbocycles. The number of hydrogen-bond donors (Lipinski definition) is 1. The van der Waals surface area contributed by atoms with Gasteiger partial charge in [0.15, 0.2) is 0 Å². The molecule has 110 valence electrons. The summed E-state index contributed by atoms with van der Waals surface area (Å²) in [5, 5.41) is 0. The molecule has 0 amide bonds. The molecular weight excluding hydrogens is 299 g/mol. The van der Waals surface area contributed by atoms with Gasteiger partial charge in [-0.25, -0.2) is 0 Å². The van der Waals surface area contributed by atoms with Gasteiger partial charge in [0.05, 0.1) is 5.56 Å². The average molecular weight is 311 g/mol. The molecule has 2 N–H and O–H groups in total. The number of nitrogens with two attached hydrogens (primary N) is 1. The van der Waals surface area contributed by atoms with Crippen molar-refractivity contribution in [2.75, 3.05) is 0 Å². The van der Waals surface area contributed by atoms with E-state index < -0.39 is 11.7 Å². The number of hydrogen-bond acceptors (Lipinski definition) is 2. The fourth-order valence-electron chi connectivity index (χ4n) is 1.67. The van der Waals surface area contributed by atoms with Crippen molar-refractivity contribution >= 4 is 17.2 Å². The van der Waals surface area contributed by atoms with Crippen LogP contribution in [0.4, 0.5) is 13.2 Å². The summed E-state index contributed by atoms with van der Waals surface area (Å²) in [5.41, 5.74) is 6.19. The summed E-state index contributed by atoms with van der Waals surface area (Å²) in [6.07, 6.45) is -4.32. The van der Waals surface area contributed by atoms with Crippen molar-refractivity contribution in [2.24, 2.45) is 5.73 Å². The Bertz CT molecular complexity index is 621. The summed E-state index contributed by atoms with van der Waals surface area (Å²) >= 11 is 4.83. The maximum atomic E-state index is 12.4. The van der Waals surface area contributed by atoms with Crippen LogP contribution in [0.2, 0.25) is 0 Å². The number of alkyl halides is 3. The zero-order valence-electron chi connectivity index (χ0n) is 10.9. The second-order valence-electron chi connectivity index (χ2n) is 4.37. The van der Waals surface area contributed by atoms with Crippen LogP contribution in [-0.2, 0) is 12.8 Å². The molecule has 2 nitrogen and oxygen atoms in total. The third-order valence-corrected chi connectivity index (χ3v) is 3.06. The molecule has 2 aromatic rings. The van der Waals surface area contributed by atoms with Crippen LogP contribution in [0.1, 0.15) is 16.7 Å². The minimum Gasteiger partial charge on any atom is -0.489 e. The number of halogens is 3. The van der Waals surface area contributed by atoms with Gasteiger partial charge in [-0.15, -0.1) is 0 Å². The Kier molecular flexibility index (Phi) is 4.47. The Morgan fingerprint density at radius 1 is 1.00 bits per heavy atom. The molecule has 0 bridgehead atoms. The van der Waals surface area contributed by atoms with Gasteiger partial charge < -0.3 is 10.5 Å². The second kappa shape index (κ2) is 6.13. The van der Waals surface area contributed by atoms with E-state index in [0.717, 1.165) is 17.7 Å². The fraction of sp³-hybridized carbons (Fsp3) is 0.133. The SMILES string of the molecule is NC(=S)c1ccc(OCc2ccc(C(F)(F)F)cc2)cc1. The molecule has 0 saturated carbocycles. The molecule has 2 aromatic carbocycles. The minimum atomic E-state index is -4.32. The van der Waals surface area contributed by atoms with Crippen LogP contribution in [0.25, 0.3) is 0 Å². The lowest BCUT2D eigenvalue weighted by Crippen LogP contribution is -2.08. The summed E-state index contributed by atoms with van der Waals surface area (Å²) in [6, 6.07) is 11.7. The standard InChI is InChI=1S/C15H12F3NOS/c16-15(17,18)12-5-1-10(2-6-12)9-20-13-7-3-11(4-8-13)14(19)21/h1-8H,9H2,(H2,19,21). The molecule has 6 heteroatoms. The van der Waals surface area contributed by atoms with Gasteiger partial charge in [-0.1, -0.05) is 24.4 Å². The van der Waals surface area contributed by atoms with Crippen LogP contribution in [0.15, 0.2) is 48.5 Å². The van der Waals surface area contributed by atoms with Crippen molar-refractivity contribution in [3.05, 3.63) is 65.2 Å². The van der Waals surface area contributed by atoms with Crippen molar-refractivity contribution in [1.82, 2.24) is 0 Å². The van der Waals surface area contributed by atoms with Crippen LogP contribution in [0.5, 0.6) is 5.75 Å². The van der Waals surface area contributed by atoms with Crippen LogP contribution < -0.4 is 10.5 Å². The Morgan fingerprint density at radius 3 is 2.05 bits per heavy atom. The third-order valence-electron chi connectivity index (χ3n) is 2.83. The lowest BCUT2D eigenvalue weighted by atomic mass is 10.1. The lowest BCUT2D eigenvalue weighted by molar-refractivity contribution is -0.137. The van der Waals surface area contributed by atoms with Gasteiger partial charge in [-0.3, -0.25) is 0 Å².